The van der Waals surface area contributed by atoms with Gasteiger partial charge in [0, 0.05) is 12.0 Å². The largest absolute Gasteiger partial charge is 0.481 e. The van der Waals surface area contributed by atoms with Gasteiger partial charge in [0.15, 0.2) is 0 Å². The highest BCUT2D eigenvalue weighted by Crippen LogP contribution is 2.51. The lowest BCUT2D eigenvalue weighted by atomic mass is 10.0. The quantitative estimate of drug-likeness (QED) is 0.923. The van der Waals surface area contributed by atoms with Crippen molar-refractivity contribution in [1.82, 2.24) is 4.98 Å². The number of hydrogen-bond acceptors (Lipinski definition) is 3. The van der Waals surface area contributed by atoms with Crippen LogP contribution in [0.1, 0.15) is 23.5 Å². The van der Waals surface area contributed by atoms with E-state index in [-0.39, 0.29) is 11.5 Å². The molecule has 1 aliphatic rings. The van der Waals surface area contributed by atoms with Crippen molar-refractivity contribution >= 4 is 11.6 Å². The highest BCUT2D eigenvalue weighted by atomic mass is 19.4. The number of rotatable bonds is 4. The lowest BCUT2D eigenvalue weighted by molar-refractivity contribution is -0.138. The van der Waals surface area contributed by atoms with Crippen LogP contribution in [0.2, 0.25) is 0 Å². The standard InChI is InChI=1S/C17H15F3N2O2/c1-24-15-7-6-10(9-21-15)22-16(23)13-8-12(13)11-4-2-3-5-14(11)17(18,19)20/h2-7,9,12-13H,8H2,1H3,(H,22,23). The molecule has 0 radical (unpaired) electrons. The molecule has 126 valence electrons. The number of halogens is 3. The van der Waals surface area contributed by atoms with Crippen molar-refractivity contribution in [2.45, 2.75) is 18.5 Å². The molecule has 24 heavy (non-hydrogen) atoms. The zero-order chi connectivity index (χ0) is 17.3. The van der Waals surface area contributed by atoms with Gasteiger partial charge in [-0.2, -0.15) is 13.2 Å². The number of pyridine rings is 1. The van der Waals surface area contributed by atoms with Gasteiger partial charge in [0.25, 0.3) is 0 Å². The molecule has 4 nitrogen and oxygen atoms in total. The second-order valence-corrected chi connectivity index (χ2v) is 5.61. The number of amides is 1. The first-order valence-electron chi connectivity index (χ1n) is 7.37. The van der Waals surface area contributed by atoms with E-state index < -0.39 is 23.6 Å². The predicted molar refractivity (Wildman–Crippen MR) is 81.7 cm³/mol. The van der Waals surface area contributed by atoms with E-state index in [1.807, 2.05) is 0 Å². The summed E-state index contributed by atoms with van der Waals surface area (Å²) in [4.78, 5) is 16.2. The van der Waals surface area contributed by atoms with Crippen molar-refractivity contribution in [3.8, 4) is 5.88 Å². The van der Waals surface area contributed by atoms with Crippen LogP contribution in [0.5, 0.6) is 5.88 Å². The number of alkyl halides is 3. The first kappa shape index (κ1) is 16.3. The van der Waals surface area contributed by atoms with Gasteiger partial charge in [-0.3, -0.25) is 4.79 Å². The lowest BCUT2D eigenvalue weighted by Crippen LogP contribution is -2.15. The molecule has 1 heterocycles. The van der Waals surface area contributed by atoms with E-state index in [0.717, 1.165) is 6.07 Å². The van der Waals surface area contributed by atoms with Gasteiger partial charge in [-0.25, -0.2) is 4.98 Å². The molecular weight excluding hydrogens is 321 g/mol. The number of methoxy groups -OCH3 is 1. The maximum Gasteiger partial charge on any atom is 0.416 e. The minimum atomic E-state index is -4.42. The Kier molecular flexibility index (Phi) is 4.17. The van der Waals surface area contributed by atoms with Crippen molar-refractivity contribution in [3.63, 3.8) is 0 Å². The van der Waals surface area contributed by atoms with Gasteiger partial charge in [0.2, 0.25) is 11.8 Å². The van der Waals surface area contributed by atoms with E-state index in [2.05, 4.69) is 10.3 Å². The highest BCUT2D eigenvalue weighted by Gasteiger charge is 2.47. The van der Waals surface area contributed by atoms with Crippen LogP contribution >= 0.6 is 0 Å². The van der Waals surface area contributed by atoms with Crippen molar-refractivity contribution < 1.29 is 22.7 Å². The predicted octanol–water partition coefficient (Wildman–Crippen LogP) is 3.85. The number of nitrogens with one attached hydrogen (secondary N) is 1. The summed E-state index contributed by atoms with van der Waals surface area (Å²) in [5.41, 5.74) is -0.00928. The first-order valence-corrected chi connectivity index (χ1v) is 7.37. The molecule has 2 atom stereocenters. The maximum atomic E-state index is 13.1. The Labute approximate surface area is 136 Å². The summed E-state index contributed by atoms with van der Waals surface area (Å²) in [5.74, 6) is -0.759. The number of ether oxygens (including phenoxy) is 1. The summed E-state index contributed by atoms with van der Waals surface area (Å²) in [7, 11) is 1.48. The topological polar surface area (TPSA) is 51.2 Å². The lowest BCUT2D eigenvalue weighted by Gasteiger charge is -2.12. The van der Waals surface area contributed by atoms with Crippen LogP contribution in [-0.4, -0.2) is 18.0 Å². The first-order chi connectivity index (χ1) is 11.4. The van der Waals surface area contributed by atoms with Crippen LogP contribution in [-0.2, 0) is 11.0 Å². The number of hydrogen-bond donors (Lipinski definition) is 1. The molecule has 0 aliphatic heterocycles. The summed E-state index contributed by atoms with van der Waals surface area (Å²) in [6, 6.07) is 8.63. The summed E-state index contributed by atoms with van der Waals surface area (Å²) in [6.07, 6.45) is -2.57. The van der Waals surface area contributed by atoms with E-state index in [0.29, 0.717) is 18.0 Å². The minimum absolute atomic E-state index is 0.179. The SMILES string of the molecule is COc1ccc(NC(=O)C2CC2c2ccccc2C(F)(F)F)cn1. The Bertz CT molecular complexity index is 744. The zero-order valence-corrected chi connectivity index (χ0v) is 12.8. The summed E-state index contributed by atoms with van der Waals surface area (Å²) < 4.78 is 44.1. The van der Waals surface area contributed by atoms with E-state index in [4.69, 9.17) is 4.74 Å². The molecule has 0 saturated heterocycles. The van der Waals surface area contributed by atoms with E-state index in [9.17, 15) is 18.0 Å². The minimum Gasteiger partial charge on any atom is -0.481 e. The van der Waals surface area contributed by atoms with E-state index >= 15 is 0 Å². The summed E-state index contributed by atoms with van der Waals surface area (Å²) in [5, 5.41) is 2.67. The molecule has 2 unspecified atom stereocenters. The molecule has 1 fully saturated rings. The Balaban J connectivity index is 1.70. The Morgan fingerprint density at radius 2 is 2.00 bits per heavy atom. The molecule has 1 aromatic carbocycles. The monoisotopic (exact) mass is 336 g/mol. The van der Waals surface area contributed by atoms with Crippen molar-refractivity contribution in [2.75, 3.05) is 12.4 Å². The van der Waals surface area contributed by atoms with E-state index in [1.165, 1.54) is 25.4 Å². The molecule has 2 aromatic rings. The van der Waals surface area contributed by atoms with Crippen molar-refractivity contribution in [1.29, 1.82) is 0 Å². The average molecular weight is 336 g/mol. The number of nitrogens with zero attached hydrogens (tertiary/aromatic N) is 1. The van der Waals surface area contributed by atoms with Gasteiger partial charge in [0.05, 0.1) is 24.6 Å². The normalized spacial score (nSPS) is 19.7. The zero-order valence-electron chi connectivity index (χ0n) is 12.8. The molecule has 1 aromatic heterocycles. The fourth-order valence-electron chi connectivity index (χ4n) is 2.72. The van der Waals surface area contributed by atoms with Gasteiger partial charge in [-0.05, 0) is 30.0 Å². The van der Waals surface area contributed by atoms with Crippen LogP contribution < -0.4 is 10.1 Å². The third-order valence-corrected chi connectivity index (χ3v) is 4.01. The second-order valence-electron chi connectivity index (χ2n) is 5.61. The number of anilines is 1. The fourth-order valence-corrected chi connectivity index (χ4v) is 2.72. The molecule has 3 rings (SSSR count). The molecule has 0 spiro atoms. The fraction of sp³-hybridized carbons (Fsp3) is 0.294. The van der Waals surface area contributed by atoms with Gasteiger partial charge in [0.1, 0.15) is 0 Å². The Morgan fingerprint density at radius 1 is 1.25 bits per heavy atom. The number of carbonyl (C=O) groups is 1. The highest BCUT2D eigenvalue weighted by molar-refractivity contribution is 5.95. The molecular formula is C17H15F3N2O2. The van der Waals surface area contributed by atoms with Crippen LogP contribution in [0.3, 0.4) is 0 Å². The van der Waals surface area contributed by atoms with Crippen molar-refractivity contribution in [2.24, 2.45) is 5.92 Å². The van der Waals surface area contributed by atoms with Crippen molar-refractivity contribution in [3.05, 3.63) is 53.7 Å². The van der Waals surface area contributed by atoms with E-state index in [1.54, 1.807) is 18.2 Å². The molecule has 1 N–H and O–H groups in total. The summed E-state index contributed by atoms with van der Waals surface area (Å²) >= 11 is 0. The van der Waals surface area contributed by atoms with Crippen LogP contribution in [0.4, 0.5) is 18.9 Å². The van der Waals surface area contributed by atoms with Crippen LogP contribution in [0, 0.1) is 5.92 Å². The Hall–Kier alpha value is -2.57. The smallest absolute Gasteiger partial charge is 0.416 e. The van der Waals surface area contributed by atoms with Crippen LogP contribution in [0.15, 0.2) is 42.6 Å². The van der Waals surface area contributed by atoms with Gasteiger partial charge >= 0.3 is 6.18 Å². The maximum absolute atomic E-state index is 13.1. The molecule has 1 amide bonds. The molecule has 0 bridgehead atoms. The Morgan fingerprint density at radius 3 is 2.62 bits per heavy atom. The van der Waals surface area contributed by atoms with Gasteiger partial charge < -0.3 is 10.1 Å². The average Bonchev–Trinajstić information content (AvgIpc) is 3.35. The number of aromatic nitrogens is 1. The second kappa shape index (κ2) is 6.14. The van der Waals surface area contributed by atoms with Gasteiger partial charge in [-0.1, -0.05) is 18.2 Å². The number of benzene rings is 1. The van der Waals surface area contributed by atoms with Gasteiger partial charge in [-0.15, -0.1) is 0 Å². The number of carbonyl (C=O) groups excluding carboxylic acids is 1. The van der Waals surface area contributed by atoms with Crippen LogP contribution in [0.25, 0.3) is 0 Å². The third kappa shape index (κ3) is 3.34. The molecule has 1 aliphatic carbocycles. The third-order valence-electron chi connectivity index (χ3n) is 4.01. The summed E-state index contributed by atoms with van der Waals surface area (Å²) in [6.45, 7) is 0. The molecule has 1 saturated carbocycles. The molecule has 7 heteroatoms.